The number of fused-ring (bicyclic) bond motifs is 1. The van der Waals surface area contributed by atoms with Crippen molar-refractivity contribution in [3.63, 3.8) is 0 Å². The van der Waals surface area contributed by atoms with Gasteiger partial charge < -0.3 is 10.4 Å². The number of likely N-dealkylation sites (tertiary alicyclic amines) is 1. The first-order valence-corrected chi connectivity index (χ1v) is 9.71. The van der Waals surface area contributed by atoms with Crippen LogP contribution in [0, 0.1) is 6.92 Å². The van der Waals surface area contributed by atoms with Crippen LogP contribution in [0.1, 0.15) is 17.1 Å². The van der Waals surface area contributed by atoms with E-state index in [1.54, 1.807) is 29.0 Å². The standard InChI is InChI=1S/C16H19N5OS2/c1-10-19-11(8-24-10)6-21-4-2-12(14(22)7-21)20-16-15-13(3-5-23-15)17-9-18-16/h3,5,8-9,12,14,22H,2,4,6-7H2,1H3,(H,17,18,20)/t12-,14-/m1/s1. The van der Waals surface area contributed by atoms with Crippen molar-refractivity contribution in [3.8, 4) is 0 Å². The number of hydrogen-bond acceptors (Lipinski definition) is 8. The summed E-state index contributed by atoms with van der Waals surface area (Å²) in [5.74, 6) is 0.822. The van der Waals surface area contributed by atoms with Gasteiger partial charge in [0.25, 0.3) is 0 Å². The highest BCUT2D eigenvalue weighted by Crippen LogP contribution is 2.27. The summed E-state index contributed by atoms with van der Waals surface area (Å²) >= 11 is 3.29. The van der Waals surface area contributed by atoms with Gasteiger partial charge in [0, 0.05) is 25.0 Å². The number of β-amino-alcohol motifs (C(OH)–C–C–N with tert-alkyl or cyclic N) is 1. The number of aryl methyl sites for hydroxylation is 1. The van der Waals surface area contributed by atoms with Crippen molar-refractivity contribution >= 4 is 38.7 Å². The lowest BCUT2D eigenvalue weighted by atomic mass is 10.0. The zero-order valence-electron chi connectivity index (χ0n) is 13.3. The first-order valence-electron chi connectivity index (χ1n) is 7.95. The second-order valence-corrected chi connectivity index (χ2v) is 8.04. The van der Waals surface area contributed by atoms with Crippen molar-refractivity contribution in [3.05, 3.63) is 33.9 Å². The summed E-state index contributed by atoms with van der Waals surface area (Å²) in [6.45, 7) is 4.40. The van der Waals surface area contributed by atoms with Crippen molar-refractivity contribution in [2.24, 2.45) is 0 Å². The van der Waals surface area contributed by atoms with Crippen LogP contribution in [0.25, 0.3) is 10.2 Å². The lowest BCUT2D eigenvalue weighted by molar-refractivity contribution is 0.0556. The van der Waals surface area contributed by atoms with Gasteiger partial charge in [-0.3, -0.25) is 4.90 Å². The molecule has 2 N–H and O–H groups in total. The first kappa shape index (κ1) is 15.9. The molecule has 0 amide bonds. The van der Waals surface area contributed by atoms with Gasteiger partial charge in [-0.1, -0.05) is 0 Å². The fraction of sp³-hybridized carbons (Fsp3) is 0.438. The average molecular weight is 361 g/mol. The molecule has 4 rings (SSSR count). The molecule has 1 aliphatic heterocycles. The minimum atomic E-state index is -0.427. The minimum Gasteiger partial charge on any atom is -0.390 e. The van der Waals surface area contributed by atoms with Crippen LogP contribution in [-0.4, -0.2) is 50.2 Å². The second kappa shape index (κ2) is 6.72. The second-order valence-electron chi connectivity index (χ2n) is 6.06. The van der Waals surface area contributed by atoms with Crippen molar-refractivity contribution in [2.75, 3.05) is 18.4 Å². The van der Waals surface area contributed by atoms with Gasteiger partial charge in [0.15, 0.2) is 0 Å². The monoisotopic (exact) mass is 361 g/mol. The quantitative estimate of drug-likeness (QED) is 0.744. The minimum absolute atomic E-state index is 0.0126. The molecule has 0 unspecified atom stereocenters. The van der Waals surface area contributed by atoms with Crippen molar-refractivity contribution in [2.45, 2.75) is 32.0 Å². The Balaban J connectivity index is 1.41. The average Bonchev–Trinajstić information content (AvgIpc) is 3.19. The number of thiophene rings is 1. The number of aliphatic hydroxyl groups excluding tert-OH is 1. The van der Waals surface area contributed by atoms with Crippen LogP contribution in [-0.2, 0) is 6.54 Å². The summed E-state index contributed by atoms with van der Waals surface area (Å²) in [6.07, 6.45) is 2.02. The van der Waals surface area contributed by atoms with E-state index >= 15 is 0 Å². The summed E-state index contributed by atoms with van der Waals surface area (Å²) in [7, 11) is 0. The molecule has 1 saturated heterocycles. The van der Waals surface area contributed by atoms with Crippen molar-refractivity contribution in [1.82, 2.24) is 19.9 Å². The maximum absolute atomic E-state index is 10.5. The molecule has 0 aromatic carbocycles. The Labute approximate surface area is 148 Å². The SMILES string of the molecule is Cc1nc(CN2CC[C@@H](Nc3ncnc4ccsc34)[C@H](O)C2)cs1. The first-order chi connectivity index (χ1) is 11.7. The lowest BCUT2D eigenvalue weighted by Gasteiger charge is -2.36. The Morgan fingerprint density at radius 1 is 1.38 bits per heavy atom. The molecular formula is C16H19N5OS2. The van der Waals surface area contributed by atoms with E-state index in [0.717, 1.165) is 46.2 Å². The van der Waals surface area contributed by atoms with E-state index in [1.165, 1.54) is 0 Å². The van der Waals surface area contributed by atoms with Crippen LogP contribution in [0.2, 0.25) is 0 Å². The molecule has 0 saturated carbocycles. The molecular weight excluding hydrogens is 342 g/mol. The predicted molar refractivity (Wildman–Crippen MR) is 97.6 cm³/mol. The molecule has 1 aliphatic rings. The number of nitrogens with one attached hydrogen (secondary N) is 1. The molecule has 2 atom stereocenters. The topological polar surface area (TPSA) is 74.2 Å². The van der Waals surface area contributed by atoms with Gasteiger partial charge in [-0.15, -0.1) is 22.7 Å². The van der Waals surface area contributed by atoms with Crippen molar-refractivity contribution in [1.29, 1.82) is 0 Å². The van der Waals surface area contributed by atoms with Gasteiger partial charge in [-0.2, -0.15) is 0 Å². The molecule has 0 spiro atoms. The summed E-state index contributed by atoms with van der Waals surface area (Å²) in [5.41, 5.74) is 2.04. The number of anilines is 1. The van der Waals surface area contributed by atoms with Gasteiger partial charge in [0.1, 0.15) is 12.1 Å². The summed E-state index contributed by atoms with van der Waals surface area (Å²) in [6, 6.07) is 2.00. The van der Waals surface area contributed by atoms with Gasteiger partial charge >= 0.3 is 0 Å². The molecule has 126 valence electrons. The molecule has 8 heteroatoms. The van der Waals surface area contributed by atoms with Crippen LogP contribution in [0.3, 0.4) is 0 Å². The van der Waals surface area contributed by atoms with E-state index in [9.17, 15) is 5.11 Å². The Kier molecular flexibility index (Phi) is 4.45. The van der Waals surface area contributed by atoms with Gasteiger partial charge in [0.05, 0.1) is 33.1 Å². The highest BCUT2D eigenvalue weighted by molar-refractivity contribution is 7.17. The fourth-order valence-corrected chi connectivity index (χ4v) is 4.49. The lowest BCUT2D eigenvalue weighted by Crippen LogP contribution is -2.49. The summed E-state index contributed by atoms with van der Waals surface area (Å²) in [4.78, 5) is 15.4. The Hall–Kier alpha value is -1.61. The van der Waals surface area contributed by atoms with Crippen LogP contribution >= 0.6 is 22.7 Å². The van der Waals surface area contributed by atoms with Crippen LogP contribution < -0.4 is 5.32 Å². The Morgan fingerprint density at radius 2 is 2.29 bits per heavy atom. The predicted octanol–water partition coefficient (Wildman–Crippen LogP) is 2.50. The van der Waals surface area contributed by atoms with E-state index in [-0.39, 0.29) is 6.04 Å². The molecule has 0 bridgehead atoms. The number of aliphatic hydroxyl groups is 1. The number of hydrogen-bond donors (Lipinski definition) is 2. The molecule has 0 radical (unpaired) electrons. The van der Waals surface area contributed by atoms with Gasteiger partial charge in [-0.05, 0) is 24.8 Å². The fourth-order valence-electron chi connectivity index (χ4n) is 3.09. The van der Waals surface area contributed by atoms with Gasteiger partial charge in [0.2, 0.25) is 0 Å². The zero-order chi connectivity index (χ0) is 16.5. The van der Waals surface area contributed by atoms with E-state index in [2.05, 4.69) is 30.5 Å². The van der Waals surface area contributed by atoms with Crippen LogP contribution in [0.4, 0.5) is 5.82 Å². The maximum Gasteiger partial charge on any atom is 0.147 e. The number of aromatic nitrogens is 3. The highest BCUT2D eigenvalue weighted by Gasteiger charge is 2.28. The van der Waals surface area contributed by atoms with Crippen LogP contribution in [0.5, 0.6) is 0 Å². The molecule has 24 heavy (non-hydrogen) atoms. The Bertz CT molecular complexity index is 833. The maximum atomic E-state index is 10.5. The van der Waals surface area contributed by atoms with E-state index in [1.807, 2.05) is 18.4 Å². The molecule has 1 fully saturated rings. The number of piperidine rings is 1. The third-order valence-electron chi connectivity index (χ3n) is 4.28. The smallest absolute Gasteiger partial charge is 0.147 e. The highest BCUT2D eigenvalue weighted by atomic mass is 32.1. The molecule has 0 aliphatic carbocycles. The molecule has 3 aromatic rings. The van der Waals surface area contributed by atoms with E-state index < -0.39 is 6.10 Å². The number of nitrogens with zero attached hydrogens (tertiary/aromatic N) is 4. The zero-order valence-corrected chi connectivity index (χ0v) is 15.0. The largest absolute Gasteiger partial charge is 0.390 e. The third kappa shape index (κ3) is 3.27. The van der Waals surface area contributed by atoms with Crippen LogP contribution in [0.15, 0.2) is 23.2 Å². The molecule has 4 heterocycles. The number of thiazole rings is 1. The summed E-state index contributed by atoms with van der Waals surface area (Å²) < 4.78 is 1.05. The normalized spacial score (nSPS) is 22.1. The van der Waals surface area contributed by atoms with E-state index in [4.69, 9.17) is 0 Å². The number of rotatable bonds is 4. The Morgan fingerprint density at radius 3 is 3.08 bits per heavy atom. The molecule has 6 nitrogen and oxygen atoms in total. The van der Waals surface area contributed by atoms with E-state index in [0.29, 0.717) is 6.54 Å². The van der Waals surface area contributed by atoms with Gasteiger partial charge in [-0.25, -0.2) is 15.0 Å². The van der Waals surface area contributed by atoms with Crippen molar-refractivity contribution < 1.29 is 5.11 Å². The molecule has 3 aromatic heterocycles. The third-order valence-corrected chi connectivity index (χ3v) is 6.02. The summed E-state index contributed by atoms with van der Waals surface area (Å²) in [5, 5.41) is 19.2.